The molecular formula is C30H41BO6. The van der Waals surface area contributed by atoms with Crippen molar-refractivity contribution >= 4 is 18.6 Å². The number of carbonyl (C=O) groups excluding carboxylic acids is 1. The van der Waals surface area contributed by atoms with E-state index in [2.05, 4.69) is 39.8 Å². The summed E-state index contributed by atoms with van der Waals surface area (Å²) in [5, 5.41) is 0. The molecule has 1 saturated heterocycles. The van der Waals surface area contributed by atoms with E-state index in [4.69, 9.17) is 23.5 Å². The van der Waals surface area contributed by atoms with Crippen molar-refractivity contribution in [3.05, 3.63) is 66.2 Å². The van der Waals surface area contributed by atoms with Gasteiger partial charge >= 0.3 is 13.1 Å². The summed E-state index contributed by atoms with van der Waals surface area (Å²) >= 11 is 0. The Morgan fingerprint density at radius 3 is 1.84 bits per heavy atom. The van der Waals surface area contributed by atoms with Gasteiger partial charge in [0.15, 0.2) is 0 Å². The van der Waals surface area contributed by atoms with E-state index in [0.717, 1.165) is 62.1 Å². The molecule has 37 heavy (non-hydrogen) atoms. The SMILES string of the molecule is COC(=O)c1ccc(OCCC/C=C\CCCCCOc2ccc(B3OC(C)(C)C(C)(C)O3)cc2)cc1. The predicted molar refractivity (Wildman–Crippen MR) is 148 cm³/mol. The van der Waals surface area contributed by atoms with Crippen molar-refractivity contribution in [3.8, 4) is 11.5 Å². The van der Waals surface area contributed by atoms with Gasteiger partial charge in [-0.05, 0) is 108 Å². The van der Waals surface area contributed by atoms with Gasteiger partial charge in [0.2, 0.25) is 0 Å². The maximum absolute atomic E-state index is 11.4. The zero-order valence-corrected chi connectivity index (χ0v) is 23.0. The van der Waals surface area contributed by atoms with Crippen LogP contribution in [0.3, 0.4) is 0 Å². The summed E-state index contributed by atoms with van der Waals surface area (Å²) in [6.45, 7) is 9.62. The number of hydrogen-bond donors (Lipinski definition) is 0. The van der Waals surface area contributed by atoms with Crippen LogP contribution in [0.4, 0.5) is 0 Å². The van der Waals surface area contributed by atoms with Crippen LogP contribution in [-0.2, 0) is 14.0 Å². The smallest absolute Gasteiger partial charge is 0.494 e. The van der Waals surface area contributed by atoms with Crippen LogP contribution in [0.25, 0.3) is 0 Å². The number of carbonyl (C=O) groups is 1. The third kappa shape index (κ3) is 8.65. The van der Waals surface area contributed by atoms with Gasteiger partial charge < -0.3 is 23.5 Å². The average Bonchev–Trinajstić information content (AvgIpc) is 3.11. The van der Waals surface area contributed by atoms with Crippen molar-refractivity contribution in [2.75, 3.05) is 20.3 Å². The number of methoxy groups -OCH3 is 1. The highest BCUT2D eigenvalue weighted by atomic mass is 16.7. The van der Waals surface area contributed by atoms with Crippen LogP contribution in [0.15, 0.2) is 60.7 Å². The highest BCUT2D eigenvalue weighted by molar-refractivity contribution is 6.62. The number of unbranched alkanes of at least 4 members (excludes halogenated alkanes) is 4. The minimum atomic E-state index is -0.341. The summed E-state index contributed by atoms with van der Waals surface area (Å²) < 4.78 is 28.5. The predicted octanol–water partition coefficient (Wildman–Crippen LogP) is 6.13. The topological polar surface area (TPSA) is 63.2 Å². The first kappa shape index (κ1) is 28.8. The lowest BCUT2D eigenvalue weighted by molar-refractivity contribution is 0.00578. The second-order valence-corrected chi connectivity index (χ2v) is 10.3. The van der Waals surface area contributed by atoms with Crippen LogP contribution < -0.4 is 14.9 Å². The van der Waals surface area contributed by atoms with Gasteiger partial charge in [0, 0.05) is 0 Å². The number of esters is 1. The molecule has 200 valence electrons. The summed E-state index contributed by atoms with van der Waals surface area (Å²) in [5.74, 6) is 1.30. The molecule has 0 saturated carbocycles. The third-order valence-electron chi connectivity index (χ3n) is 6.92. The lowest BCUT2D eigenvalue weighted by Gasteiger charge is -2.32. The fraction of sp³-hybridized carbons (Fsp3) is 0.500. The van der Waals surface area contributed by atoms with E-state index in [1.165, 1.54) is 7.11 Å². The summed E-state index contributed by atoms with van der Waals surface area (Å²) in [4.78, 5) is 11.4. The summed E-state index contributed by atoms with van der Waals surface area (Å²) in [6, 6.07) is 15.0. The van der Waals surface area contributed by atoms with Crippen molar-refractivity contribution in [1.82, 2.24) is 0 Å². The van der Waals surface area contributed by atoms with Crippen LogP contribution in [0.2, 0.25) is 0 Å². The molecule has 1 fully saturated rings. The molecule has 1 aliphatic rings. The Hall–Kier alpha value is -2.77. The molecule has 0 aromatic heterocycles. The number of allylic oxidation sites excluding steroid dienone is 2. The molecule has 1 aliphatic heterocycles. The van der Waals surface area contributed by atoms with Crippen LogP contribution in [0, 0.1) is 0 Å². The van der Waals surface area contributed by atoms with E-state index >= 15 is 0 Å². The molecule has 7 heteroatoms. The van der Waals surface area contributed by atoms with E-state index in [1.54, 1.807) is 24.3 Å². The van der Waals surface area contributed by atoms with Gasteiger partial charge in [0.25, 0.3) is 0 Å². The average molecular weight is 508 g/mol. The fourth-order valence-corrected chi connectivity index (χ4v) is 3.86. The number of hydrogen-bond acceptors (Lipinski definition) is 6. The van der Waals surface area contributed by atoms with E-state index in [1.807, 2.05) is 24.3 Å². The van der Waals surface area contributed by atoms with Gasteiger partial charge in [-0.3, -0.25) is 0 Å². The Balaban J connectivity index is 1.20. The Morgan fingerprint density at radius 2 is 1.27 bits per heavy atom. The molecule has 2 aromatic rings. The van der Waals surface area contributed by atoms with Crippen molar-refractivity contribution in [2.24, 2.45) is 0 Å². The number of rotatable bonds is 14. The minimum absolute atomic E-state index is 0.335. The standard InChI is InChI=1S/C30H41BO6/c1-29(2)30(3,4)37-31(36-29)25-16-20-27(21-17-25)35-23-13-11-9-7-6-8-10-12-22-34-26-18-14-24(15-19-26)28(32)33-5/h6,8,14-21H,7,9-13,22-23H2,1-5H3/b8-6-. The second kappa shape index (κ2) is 13.7. The van der Waals surface area contributed by atoms with Crippen molar-refractivity contribution in [2.45, 2.75) is 77.4 Å². The zero-order valence-electron chi connectivity index (χ0n) is 23.0. The quantitative estimate of drug-likeness (QED) is 0.133. The van der Waals surface area contributed by atoms with Crippen LogP contribution >= 0.6 is 0 Å². The first-order valence-corrected chi connectivity index (χ1v) is 13.3. The van der Waals surface area contributed by atoms with Crippen molar-refractivity contribution in [1.29, 1.82) is 0 Å². The molecule has 0 amide bonds. The molecule has 0 atom stereocenters. The Kier molecular flexibility index (Phi) is 10.7. The molecule has 0 spiro atoms. The monoisotopic (exact) mass is 508 g/mol. The highest BCUT2D eigenvalue weighted by Gasteiger charge is 2.51. The first-order valence-electron chi connectivity index (χ1n) is 13.3. The third-order valence-corrected chi connectivity index (χ3v) is 6.92. The van der Waals surface area contributed by atoms with Gasteiger partial charge in [-0.1, -0.05) is 24.3 Å². The zero-order chi connectivity index (χ0) is 26.7. The summed E-state index contributed by atoms with van der Waals surface area (Å²) in [7, 11) is 1.03. The van der Waals surface area contributed by atoms with Crippen molar-refractivity contribution < 1.29 is 28.3 Å². The summed E-state index contributed by atoms with van der Waals surface area (Å²) in [5.41, 5.74) is 0.869. The molecule has 0 radical (unpaired) electrons. The highest BCUT2D eigenvalue weighted by Crippen LogP contribution is 2.36. The van der Waals surface area contributed by atoms with E-state index in [-0.39, 0.29) is 24.3 Å². The summed E-state index contributed by atoms with van der Waals surface area (Å²) in [6.07, 6.45) is 10.8. The van der Waals surface area contributed by atoms with Crippen molar-refractivity contribution in [3.63, 3.8) is 0 Å². The maximum atomic E-state index is 11.4. The molecule has 0 bridgehead atoms. The number of benzene rings is 2. The molecule has 0 unspecified atom stereocenters. The largest absolute Gasteiger partial charge is 0.494 e. The molecular weight excluding hydrogens is 467 g/mol. The van der Waals surface area contributed by atoms with Crippen LogP contribution in [-0.4, -0.2) is 44.6 Å². The van der Waals surface area contributed by atoms with Gasteiger partial charge in [0.1, 0.15) is 11.5 Å². The number of ether oxygens (including phenoxy) is 3. The lowest BCUT2D eigenvalue weighted by atomic mass is 9.79. The fourth-order valence-electron chi connectivity index (χ4n) is 3.86. The van der Waals surface area contributed by atoms with Crippen LogP contribution in [0.5, 0.6) is 11.5 Å². The van der Waals surface area contributed by atoms with Gasteiger partial charge in [-0.25, -0.2) is 4.79 Å². The van der Waals surface area contributed by atoms with Crippen LogP contribution in [0.1, 0.15) is 76.6 Å². The van der Waals surface area contributed by atoms with E-state index in [9.17, 15) is 4.79 Å². The minimum Gasteiger partial charge on any atom is -0.494 e. The first-order chi connectivity index (χ1) is 17.7. The van der Waals surface area contributed by atoms with E-state index in [0.29, 0.717) is 12.2 Å². The molecule has 6 nitrogen and oxygen atoms in total. The second-order valence-electron chi connectivity index (χ2n) is 10.3. The van der Waals surface area contributed by atoms with Gasteiger partial charge in [-0.15, -0.1) is 0 Å². The normalized spacial score (nSPS) is 16.2. The molecule has 3 rings (SSSR count). The lowest BCUT2D eigenvalue weighted by Crippen LogP contribution is -2.41. The molecule has 1 heterocycles. The molecule has 2 aromatic carbocycles. The molecule has 0 aliphatic carbocycles. The Morgan fingerprint density at radius 1 is 0.757 bits per heavy atom. The Bertz CT molecular complexity index is 982. The molecule has 0 N–H and O–H groups in total. The Labute approximate surface area is 222 Å². The van der Waals surface area contributed by atoms with Gasteiger partial charge in [-0.2, -0.15) is 0 Å². The maximum Gasteiger partial charge on any atom is 0.494 e. The van der Waals surface area contributed by atoms with Gasteiger partial charge in [0.05, 0.1) is 37.1 Å². The van der Waals surface area contributed by atoms with E-state index < -0.39 is 0 Å².